The Hall–Kier alpha value is -2.71. The van der Waals surface area contributed by atoms with Crippen LogP contribution in [0.15, 0.2) is 41.9 Å². The third-order valence-electron chi connectivity index (χ3n) is 5.14. The number of carbonyl (C=O) groups is 2. The maximum absolute atomic E-state index is 13.1. The van der Waals surface area contributed by atoms with E-state index in [1.807, 2.05) is 34.6 Å². The van der Waals surface area contributed by atoms with E-state index in [-0.39, 0.29) is 11.8 Å². The van der Waals surface area contributed by atoms with Gasteiger partial charge in [0.1, 0.15) is 5.82 Å². The van der Waals surface area contributed by atoms with E-state index < -0.39 is 0 Å². The van der Waals surface area contributed by atoms with Crippen molar-refractivity contribution in [1.82, 2.24) is 14.8 Å². The smallest absolute Gasteiger partial charge is 0.257 e. The molecule has 2 amide bonds. The van der Waals surface area contributed by atoms with Crippen molar-refractivity contribution >= 4 is 35.0 Å². The van der Waals surface area contributed by atoms with Crippen molar-refractivity contribution in [3.05, 3.63) is 52.4 Å². The Bertz CT molecular complexity index is 870. The summed E-state index contributed by atoms with van der Waals surface area (Å²) in [6.45, 7) is 4.86. The molecule has 0 atom stereocenters. The van der Waals surface area contributed by atoms with Crippen LogP contribution in [-0.4, -0.2) is 79.1 Å². The Morgan fingerprint density at radius 1 is 1.00 bits per heavy atom. The molecule has 0 aromatic carbocycles. The van der Waals surface area contributed by atoms with E-state index in [0.717, 1.165) is 23.8 Å². The first-order chi connectivity index (χ1) is 14.2. The Morgan fingerprint density at radius 2 is 1.76 bits per heavy atom. The minimum absolute atomic E-state index is 0.0131. The highest BCUT2D eigenvalue weighted by Gasteiger charge is 2.27. The van der Waals surface area contributed by atoms with E-state index in [4.69, 9.17) is 4.74 Å². The van der Waals surface area contributed by atoms with E-state index in [1.54, 1.807) is 34.6 Å². The second-order valence-electron chi connectivity index (χ2n) is 6.94. The Morgan fingerprint density at radius 3 is 2.48 bits per heavy atom. The molecule has 0 unspecified atom stereocenters. The van der Waals surface area contributed by atoms with Gasteiger partial charge in [0.2, 0.25) is 5.91 Å². The summed E-state index contributed by atoms with van der Waals surface area (Å²) >= 11 is 1.60. The molecule has 7 nitrogen and oxygen atoms in total. The summed E-state index contributed by atoms with van der Waals surface area (Å²) in [5.74, 6) is 0.680. The number of ether oxygens (including phenoxy) is 1. The number of pyridine rings is 1. The van der Waals surface area contributed by atoms with Crippen LogP contribution in [0.5, 0.6) is 0 Å². The molecule has 2 aliphatic rings. The summed E-state index contributed by atoms with van der Waals surface area (Å²) in [6, 6.07) is 7.57. The largest absolute Gasteiger partial charge is 0.378 e. The van der Waals surface area contributed by atoms with Crippen molar-refractivity contribution in [3.8, 4) is 0 Å². The number of anilines is 1. The quantitative estimate of drug-likeness (QED) is 0.719. The van der Waals surface area contributed by atoms with E-state index in [0.29, 0.717) is 45.0 Å². The Balaban J connectivity index is 1.37. The lowest BCUT2D eigenvalue weighted by Crippen LogP contribution is -2.50. The van der Waals surface area contributed by atoms with Gasteiger partial charge in [-0.2, -0.15) is 0 Å². The number of rotatable bonds is 4. The topological polar surface area (TPSA) is 66.0 Å². The minimum Gasteiger partial charge on any atom is -0.378 e. The Labute approximate surface area is 174 Å². The average molecular weight is 413 g/mol. The van der Waals surface area contributed by atoms with Crippen LogP contribution in [0.3, 0.4) is 0 Å². The second kappa shape index (κ2) is 9.19. The van der Waals surface area contributed by atoms with Crippen LogP contribution in [0.1, 0.15) is 15.2 Å². The lowest BCUT2D eigenvalue weighted by Gasteiger charge is -2.35. The van der Waals surface area contributed by atoms with Crippen LogP contribution in [0.4, 0.5) is 5.82 Å². The van der Waals surface area contributed by atoms with Crippen molar-refractivity contribution in [3.63, 3.8) is 0 Å². The molecule has 0 saturated carbocycles. The molecular weight excluding hydrogens is 388 g/mol. The van der Waals surface area contributed by atoms with Crippen molar-refractivity contribution in [2.45, 2.75) is 0 Å². The highest BCUT2D eigenvalue weighted by molar-refractivity contribution is 7.10. The molecule has 0 N–H and O–H groups in total. The number of hydrogen-bond donors (Lipinski definition) is 0. The predicted octanol–water partition coefficient (Wildman–Crippen LogP) is 1.98. The fraction of sp³-hybridized carbons (Fsp3) is 0.381. The maximum atomic E-state index is 13.1. The molecule has 29 heavy (non-hydrogen) atoms. The average Bonchev–Trinajstić information content (AvgIpc) is 3.31. The second-order valence-corrected chi connectivity index (χ2v) is 7.92. The molecule has 0 aliphatic carbocycles. The fourth-order valence-electron chi connectivity index (χ4n) is 3.54. The van der Waals surface area contributed by atoms with Crippen LogP contribution in [0, 0.1) is 0 Å². The zero-order valence-corrected chi connectivity index (χ0v) is 17.0. The molecular formula is C21H24N4O3S. The van der Waals surface area contributed by atoms with Gasteiger partial charge in [-0.1, -0.05) is 6.07 Å². The monoisotopic (exact) mass is 412 g/mol. The number of carbonyl (C=O) groups excluding carboxylic acids is 2. The SMILES string of the molecule is O=C(/C=C/c1cccs1)N1CCN(C(=O)c2cccnc2N2CCOCC2)CC1. The number of aromatic nitrogens is 1. The molecule has 0 bridgehead atoms. The third kappa shape index (κ3) is 4.65. The summed E-state index contributed by atoms with van der Waals surface area (Å²) in [5.41, 5.74) is 0.617. The molecule has 2 aromatic rings. The van der Waals surface area contributed by atoms with Gasteiger partial charge in [-0.3, -0.25) is 9.59 Å². The van der Waals surface area contributed by atoms with Crippen LogP contribution in [0.2, 0.25) is 0 Å². The number of piperazine rings is 1. The number of amides is 2. The standard InChI is InChI=1S/C21H24N4O3S/c26-19(6-5-17-3-2-16-29-17)23-8-10-25(11-9-23)21(27)18-4-1-7-22-20(18)24-12-14-28-15-13-24/h1-7,16H,8-15H2/b6-5+. The summed E-state index contributed by atoms with van der Waals surface area (Å²) in [5, 5.41) is 1.98. The first-order valence-corrected chi connectivity index (χ1v) is 10.7. The zero-order chi connectivity index (χ0) is 20.1. The lowest BCUT2D eigenvalue weighted by molar-refractivity contribution is -0.127. The van der Waals surface area contributed by atoms with Gasteiger partial charge in [-0.05, 0) is 29.7 Å². The molecule has 8 heteroatoms. The van der Waals surface area contributed by atoms with Crippen LogP contribution in [-0.2, 0) is 9.53 Å². The molecule has 2 saturated heterocycles. The fourth-order valence-corrected chi connectivity index (χ4v) is 4.15. The van der Waals surface area contributed by atoms with Gasteiger partial charge in [0.15, 0.2) is 0 Å². The van der Waals surface area contributed by atoms with Crippen LogP contribution >= 0.6 is 11.3 Å². The molecule has 2 aliphatic heterocycles. The van der Waals surface area contributed by atoms with Gasteiger partial charge in [0.05, 0.1) is 18.8 Å². The predicted molar refractivity (Wildman–Crippen MR) is 113 cm³/mol. The summed E-state index contributed by atoms with van der Waals surface area (Å²) in [4.78, 5) is 36.8. The van der Waals surface area contributed by atoms with E-state index >= 15 is 0 Å². The number of hydrogen-bond acceptors (Lipinski definition) is 6. The summed E-state index contributed by atoms with van der Waals surface area (Å²) in [6.07, 6.45) is 5.17. The molecule has 2 fully saturated rings. The summed E-state index contributed by atoms with van der Waals surface area (Å²) < 4.78 is 5.41. The van der Waals surface area contributed by atoms with Gasteiger partial charge in [-0.15, -0.1) is 11.3 Å². The summed E-state index contributed by atoms with van der Waals surface area (Å²) in [7, 11) is 0. The van der Waals surface area contributed by atoms with E-state index in [2.05, 4.69) is 9.88 Å². The highest BCUT2D eigenvalue weighted by atomic mass is 32.1. The van der Waals surface area contributed by atoms with Gasteiger partial charge in [0.25, 0.3) is 5.91 Å². The van der Waals surface area contributed by atoms with Crippen molar-refractivity contribution < 1.29 is 14.3 Å². The lowest BCUT2D eigenvalue weighted by atomic mass is 10.1. The molecule has 152 valence electrons. The first-order valence-electron chi connectivity index (χ1n) is 9.80. The molecule has 4 heterocycles. The zero-order valence-electron chi connectivity index (χ0n) is 16.2. The van der Waals surface area contributed by atoms with E-state index in [9.17, 15) is 9.59 Å². The van der Waals surface area contributed by atoms with Gasteiger partial charge < -0.3 is 19.4 Å². The minimum atomic E-state index is -0.0270. The number of thiophene rings is 1. The van der Waals surface area contributed by atoms with Crippen LogP contribution in [0.25, 0.3) is 6.08 Å². The highest BCUT2D eigenvalue weighted by Crippen LogP contribution is 2.21. The third-order valence-corrected chi connectivity index (χ3v) is 5.98. The Kier molecular flexibility index (Phi) is 6.21. The molecule has 0 radical (unpaired) electrons. The first kappa shape index (κ1) is 19.6. The van der Waals surface area contributed by atoms with Crippen LogP contribution < -0.4 is 4.90 Å². The molecule has 0 spiro atoms. The normalized spacial score (nSPS) is 17.7. The van der Waals surface area contributed by atoms with Crippen molar-refractivity contribution in [2.24, 2.45) is 0 Å². The molecule has 4 rings (SSSR count). The number of nitrogens with zero attached hydrogens (tertiary/aromatic N) is 4. The van der Waals surface area contributed by atoms with Crippen molar-refractivity contribution in [2.75, 3.05) is 57.4 Å². The van der Waals surface area contributed by atoms with Gasteiger partial charge >= 0.3 is 0 Å². The number of morpholine rings is 1. The van der Waals surface area contributed by atoms with Gasteiger partial charge in [0, 0.05) is 56.4 Å². The maximum Gasteiger partial charge on any atom is 0.257 e. The van der Waals surface area contributed by atoms with E-state index in [1.165, 1.54) is 0 Å². The molecule has 2 aromatic heterocycles. The van der Waals surface area contributed by atoms with Crippen molar-refractivity contribution in [1.29, 1.82) is 0 Å². The van der Waals surface area contributed by atoms with Gasteiger partial charge in [-0.25, -0.2) is 4.98 Å².